The molecule has 8 N–H and O–H groups in total. The molecule has 2 amide bonds. The summed E-state index contributed by atoms with van der Waals surface area (Å²) in [6, 6.07) is 0. The van der Waals surface area contributed by atoms with E-state index in [2.05, 4.69) is 68.4 Å². The molecule has 0 aliphatic carbocycles. The van der Waals surface area contributed by atoms with Crippen LogP contribution in [-0.4, -0.2) is 116 Å². The fraction of sp³-hybridized carbons (Fsp3) is 0.731. The van der Waals surface area contributed by atoms with E-state index in [0.717, 1.165) is 58.2 Å². The zero-order valence-electron chi connectivity index (χ0n) is 24.7. The van der Waals surface area contributed by atoms with Crippen LogP contribution in [0.1, 0.15) is 62.4 Å². The first-order valence-electron chi connectivity index (χ1n) is 14.1. The van der Waals surface area contributed by atoms with Gasteiger partial charge in [-0.25, -0.2) is 9.97 Å². The molecule has 40 heavy (non-hydrogen) atoms. The fourth-order valence-corrected chi connectivity index (χ4v) is 3.92. The fourth-order valence-electron chi connectivity index (χ4n) is 3.79. The highest BCUT2D eigenvalue weighted by molar-refractivity contribution is 6.31. The monoisotopic (exact) mass is 583 g/mol. The van der Waals surface area contributed by atoms with Crippen LogP contribution in [-0.2, 0) is 4.79 Å². The summed E-state index contributed by atoms with van der Waals surface area (Å²) in [5.74, 6) is -0.582. The first-order valence-corrected chi connectivity index (χ1v) is 14.4. The number of nitrogens with zero attached hydrogens (tertiary/aromatic N) is 6. The molecule has 0 spiro atoms. The van der Waals surface area contributed by atoms with Crippen molar-refractivity contribution in [2.75, 3.05) is 85.0 Å². The van der Waals surface area contributed by atoms with Crippen molar-refractivity contribution < 1.29 is 9.59 Å². The van der Waals surface area contributed by atoms with Crippen LogP contribution < -0.4 is 27.8 Å². The second-order valence-electron chi connectivity index (χ2n) is 10.2. The SMILES string of the molecule is CCCCCN=C(N)NC(=O)c1nc(Cl)c(N)nc1N.CN(C)CCCNC(=O)CCCCN1CCN(C)CC1. The predicted molar refractivity (Wildman–Crippen MR) is 163 cm³/mol. The molecule has 228 valence electrons. The highest BCUT2D eigenvalue weighted by Gasteiger charge is 2.16. The van der Waals surface area contributed by atoms with Gasteiger partial charge in [-0.1, -0.05) is 31.4 Å². The van der Waals surface area contributed by atoms with Gasteiger partial charge >= 0.3 is 0 Å². The summed E-state index contributed by atoms with van der Waals surface area (Å²) in [4.78, 5) is 42.0. The van der Waals surface area contributed by atoms with E-state index < -0.39 is 5.91 Å². The molecule has 0 unspecified atom stereocenters. The lowest BCUT2D eigenvalue weighted by Crippen LogP contribution is -2.44. The summed E-state index contributed by atoms with van der Waals surface area (Å²) in [6.07, 6.45) is 6.88. The van der Waals surface area contributed by atoms with Gasteiger partial charge in [0.25, 0.3) is 5.91 Å². The number of carbonyl (C=O) groups excluding carboxylic acids is 2. The minimum absolute atomic E-state index is 0.000232. The van der Waals surface area contributed by atoms with Crippen molar-refractivity contribution in [1.82, 2.24) is 35.3 Å². The number of nitrogens with two attached hydrogens (primary N) is 3. The zero-order valence-corrected chi connectivity index (χ0v) is 25.5. The standard InChI is InChI=1S/C15H32N4O.C11H18ClN7O/c1-17(2)9-6-8-16-15(20)7-4-5-10-19-13-11-18(3)12-14-19;1-2-3-4-5-16-11(15)19-10(20)6-8(13)18-9(14)7(12)17-6/h4-14H2,1-3H3,(H,16,20);2-5H2,1H3,(H4,13,14,18)(H3,15,16,19,20). The van der Waals surface area contributed by atoms with Gasteiger partial charge in [0, 0.05) is 45.7 Å². The van der Waals surface area contributed by atoms with Crippen LogP contribution >= 0.6 is 11.6 Å². The van der Waals surface area contributed by atoms with Crippen LogP contribution in [0.15, 0.2) is 4.99 Å². The average molecular weight is 584 g/mol. The average Bonchev–Trinajstić information content (AvgIpc) is 2.90. The van der Waals surface area contributed by atoms with E-state index in [0.29, 0.717) is 13.0 Å². The third-order valence-corrected chi connectivity index (χ3v) is 6.51. The number of aromatic nitrogens is 2. The summed E-state index contributed by atoms with van der Waals surface area (Å²) in [5.41, 5.74) is 16.4. The maximum absolute atomic E-state index is 11.9. The van der Waals surface area contributed by atoms with Crippen molar-refractivity contribution in [2.45, 2.75) is 51.9 Å². The third kappa shape index (κ3) is 15.8. The van der Waals surface area contributed by atoms with Gasteiger partial charge in [-0.2, -0.15) is 0 Å². The van der Waals surface area contributed by atoms with Crippen LogP contribution in [0.4, 0.5) is 11.6 Å². The van der Waals surface area contributed by atoms with E-state index >= 15 is 0 Å². The van der Waals surface area contributed by atoms with Crippen molar-refractivity contribution in [2.24, 2.45) is 10.7 Å². The Balaban J connectivity index is 0.000000400. The first kappa shape index (κ1) is 35.3. The Hall–Kier alpha value is -2.74. The van der Waals surface area contributed by atoms with Gasteiger partial charge in [-0.15, -0.1) is 0 Å². The highest BCUT2D eigenvalue weighted by Crippen LogP contribution is 2.17. The van der Waals surface area contributed by atoms with Gasteiger partial charge in [-0.3, -0.25) is 19.9 Å². The maximum atomic E-state index is 11.9. The van der Waals surface area contributed by atoms with Crippen LogP contribution in [0.25, 0.3) is 0 Å². The Labute approximate surface area is 244 Å². The second-order valence-corrected chi connectivity index (χ2v) is 10.5. The van der Waals surface area contributed by atoms with E-state index in [4.69, 9.17) is 28.8 Å². The molecule has 1 aromatic heterocycles. The number of halogens is 1. The molecular weight excluding hydrogens is 534 g/mol. The number of carbonyl (C=O) groups is 2. The zero-order chi connectivity index (χ0) is 29.9. The minimum atomic E-state index is -0.631. The molecule has 0 atom stereocenters. The van der Waals surface area contributed by atoms with Gasteiger partial charge in [-0.05, 0) is 59.9 Å². The Morgan fingerprint density at radius 1 is 1.02 bits per heavy atom. The van der Waals surface area contributed by atoms with Crippen LogP contribution in [0, 0.1) is 0 Å². The molecule has 1 aliphatic rings. The number of nitrogen functional groups attached to an aromatic ring is 2. The normalized spacial score (nSPS) is 14.5. The molecule has 0 bridgehead atoms. The van der Waals surface area contributed by atoms with Gasteiger partial charge < -0.3 is 37.2 Å². The lowest BCUT2D eigenvalue weighted by Gasteiger charge is -2.32. The quantitative estimate of drug-likeness (QED) is 0.120. The number of anilines is 2. The van der Waals surface area contributed by atoms with Crippen molar-refractivity contribution in [3.63, 3.8) is 0 Å². The molecule has 2 rings (SSSR count). The Kier molecular flexibility index (Phi) is 17.8. The number of nitrogens with one attached hydrogen (secondary N) is 2. The van der Waals surface area contributed by atoms with Crippen molar-refractivity contribution in [3.05, 3.63) is 10.8 Å². The van der Waals surface area contributed by atoms with Crippen LogP contribution in [0.3, 0.4) is 0 Å². The number of likely N-dealkylation sites (N-methyl/N-ethyl adjacent to an activating group) is 1. The van der Waals surface area contributed by atoms with E-state index in [1.54, 1.807) is 0 Å². The molecule has 1 aliphatic heterocycles. The molecule has 13 nitrogen and oxygen atoms in total. The largest absolute Gasteiger partial charge is 0.382 e. The lowest BCUT2D eigenvalue weighted by atomic mass is 10.2. The predicted octanol–water partition coefficient (Wildman–Crippen LogP) is 1.00. The number of unbranched alkanes of at least 4 members (excludes halogenated alkanes) is 3. The molecule has 1 saturated heterocycles. The van der Waals surface area contributed by atoms with E-state index in [1.807, 2.05) is 0 Å². The topological polar surface area (TPSA) is 184 Å². The third-order valence-electron chi connectivity index (χ3n) is 6.23. The van der Waals surface area contributed by atoms with Crippen molar-refractivity contribution >= 4 is 41.0 Å². The lowest BCUT2D eigenvalue weighted by molar-refractivity contribution is -0.121. The number of amides is 2. The van der Waals surface area contributed by atoms with E-state index in [-0.39, 0.29) is 34.3 Å². The number of guanidine groups is 1. The molecule has 0 saturated carbocycles. The van der Waals surface area contributed by atoms with E-state index in [9.17, 15) is 9.59 Å². The van der Waals surface area contributed by atoms with Gasteiger partial charge in [0.15, 0.2) is 28.4 Å². The number of rotatable bonds is 14. The minimum Gasteiger partial charge on any atom is -0.382 e. The molecule has 1 aromatic rings. The summed E-state index contributed by atoms with van der Waals surface area (Å²) in [7, 11) is 6.29. The summed E-state index contributed by atoms with van der Waals surface area (Å²) in [5, 5.41) is 5.27. The number of piperazine rings is 1. The van der Waals surface area contributed by atoms with Crippen LogP contribution in [0.2, 0.25) is 5.15 Å². The summed E-state index contributed by atoms with van der Waals surface area (Å²) < 4.78 is 0. The molecule has 0 aromatic carbocycles. The molecule has 2 heterocycles. The Morgan fingerprint density at radius 3 is 2.38 bits per heavy atom. The molecule has 0 radical (unpaired) electrons. The highest BCUT2D eigenvalue weighted by atomic mass is 35.5. The first-order chi connectivity index (χ1) is 19.0. The maximum Gasteiger partial charge on any atom is 0.280 e. The van der Waals surface area contributed by atoms with E-state index in [1.165, 1.54) is 26.2 Å². The Bertz CT molecular complexity index is 922. The van der Waals surface area contributed by atoms with Gasteiger partial charge in [0.2, 0.25) is 5.91 Å². The number of aliphatic imine (C=N–C) groups is 1. The molecule has 14 heteroatoms. The van der Waals surface area contributed by atoms with Crippen molar-refractivity contribution in [3.8, 4) is 0 Å². The summed E-state index contributed by atoms with van der Waals surface area (Å²) in [6.45, 7) is 10.3. The van der Waals surface area contributed by atoms with Crippen LogP contribution in [0.5, 0.6) is 0 Å². The molecule has 1 fully saturated rings. The number of hydrogen-bond acceptors (Lipinski definition) is 10. The van der Waals surface area contributed by atoms with Gasteiger partial charge in [0.1, 0.15) is 0 Å². The van der Waals surface area contributed by atoms with Gasteiger partial charge in [0.05, 0.1) is 0 Å². The molecular formula is C26H50ClN11O2. The van der Waals surface area contributed by atoms with Crippen molar-refractivity contribution in [1.29, 1.82) is 0 Å². The Morgan fingerprint density at radius 2 is 1.73 bits per heavy atom. The smallest absolute Gasteiger partial charge is 0.280 e. The summed E-state index contributed by atoms with van der Waals surface area (Å²) >= 11 is 5.69. The number of hydrogen-bond donors (Lipinski definition) is 5. The second kappa shape index (κ2) is 20.2.